The quantitative estimate of drug-likeness (QED) is 0.859. The molecule has 1 spiro atoms. The van der Waals surface area contributed by atoms with Gasteiger partial charge in [-0.25, -0.2) is 0 Å². The van der Waals surface area contributed by atoms with Crippen LogP contribution in [0.3, 0.4) is 0 Å². The fourth-order valence-corrected chi connectivity index (χ4v) is 4.61. The molecule has 6 nitrogen and oxygen atoms in total. The Morgan fingerprint density at radius 2 is 2.04 bits per heavy atom. The molecule has 1 amide bonds. The lowest BCUT2D eigenvalue weighted by Crippen LogP contribution is -2.49. The molecule has 2 atom stereocenters. The van der Waals surface area contributed by atoms with E-state index in [1.807, 2.05) is 6.07 Å². The van der Waals surface area contributed by atoms with Crippen LogP contribution in [-0.2, 0) is 17.2 Å². The molecule has 2 aromatic rings. The van der Waals surface area contributed by atoms with Gasteiger partial charge < -0.3 is 15.4 Å². The van der Waals surface area contributed by atoms with Crippen LogP contribution < -0.4 is 10.6 Å². The van der Waals surface area contributed by atoms with Gasteiger partial charge in [-0.2, -0.15) is 5.10 Å². The lowest BCUT2D eigenvalue weighted by Gasteiger charge is -2.40. The second-order valence-corrected chi connectivity index (χ2v) is 6.94. The average Bonchev–Trinajstić information content (AvgIpc) is 3.17. The molecule has 0 saturated carbocycles. The minimum atomic E-state index is -0.151. The van der Waals surface area contributed by atoms with E-state index in [0.29, 0.717) is 5.69 Å². The summed E-state index contributed by atoms with van der Waals surface area (Å²) in [6, 6.07) is 10.0. The number of fused-ring (bicyclic) bond motifs is 2. The van der Waals surface area contributed by atoms with Gasteiger partial charge in [0, 0.05) is 25.8 Å². The highest BCUT2D eigenvalue weighted by molar-refractivity contribution is 5.93. The maximum absolute atomic E-state index is 12.8. The Hall–Kier alpha value is -1.89. The summed E-state index contributed by atoms with van der Waals surface area (Å²) in [5.41, 5.74) is 3.00. The van der Waals surface area contributed by atoms with Crippen LogP contribution >= 0.6 is 12.4 Å². The van der Waals surface area contributed by atoms with Crippen LogP contribution in [-0.4, -0.2) is 42.0 Å². The Morgan fingerprint density at radius 1 is 1.31 bits per heavy atom. The van der Waals surface area contributed by atoms with Gasteiger partial charge in [0.1, 0.15) is 5.69 Å². The number of methoxy groups -OCH3 is 1. The molecule has 26 heavy (non-hydrogen) atoms. The number of ether oxygens (including phenoxy) is 1. The Morgan fingerprint density at radius 3 is 2.69 bits per heavy atom. The van der Waals surface area contributed by atoms with Crippen molar-refractivity contribution < 1.29 is 9.53 Å². The molecule has 0 bridgehead atoms. The number of aromatic nitrogens is 2. The van der Waals surface area contributed by atoms with E-state index >= 15 is 0 Å². The van der Waals surface area contributed by atoms with Crippen molar-refractivity contribution in [2.75, 3.05) is 20.2 Å². The van der Waals surface area contributed by atoms with E-state index in [9.17, 15) is 4.79 Å². The van der Waals surface area contributed by atoms with E-state index in [1.165, 1.54) is 11.1 Å². The number of hydrogen-bond donors (Lipinski definition) is 2. The van der Waals surface area contributed by atoms with Gasteiger partial charge in [0.05, 0.1) is 12.1 Å². The van der Waals surface area contributed by atoms with Crippen molar-refractivity contribution in [3.63, 3.8) is 0 Å². The van der Waals surface area contributed by atoms with Gasteiger partial charge in [0.15, 0.2) is 0 Å². The normalized spacial score (nSPS) is 23.3. The van der Waals surface area contributed by atoms with Crippen LogP contribution in [0.2, 0.25) is 0 Å². The molecule has 7 heteroatoms. The van der Waals surface area contributed by atoms with Crippen molar-refractivity contribution in [1.82, 2.24) is 20.4 Å². The van der Waals surface area contributed by atoms with Crippen LogP contribution in [0, 0.1) is 0 Å². The third kappa shape index (κ3) is 2.82. The van der Waals surface area contributed by atoms with Crippen LogP contribution in [0.25, 0.3) is 0 Å². The first kappa shape index (κ1) is 18.9. The maximum atomic E-state index is 12.8. The predicted octanol–water partition coefficient (Wildman–Crippen LogP) is 1.96. The number of aryl methyl sites for hydroxylation is 1. The molecule has 2 heterocycles. The molecule has 1 saturated heterocycles. The summed E-state index contributed by atoms with van der Waals surface area (Å²) in [4.78, 5) is 12.8. The van der Waals surface area contributed by atoms with E-state index in [0.717, 1.165) is 25.9 Å². The Labute approximate surface area is 159 Å². The Bertz CT molecular complexity index is 785. The monoisotopic (exact) mass is 376 g/mol. The third-order valence-electron chi connectivity index (χ3n) is 5.77. The molecule has 2 aliphatic rings. The average molecular weight is 377 g/mol. The fraction of sp³-hybridized carbons (Fsp3) is 0.474. The van der Waals surface area contributed by atoms with E-state index in [2.05, 4.69) is 33.9 Å². The van der Waals surface area contributed by atoms with Gasteiger partial charge in [-0.3, -0.25) is 9.48 Å². The summed E-state index contributed by atoms with van der Waals surface area (Å²) >= 11 is 0. The van der Waals surface area contributed by atoms with Gasteiger partial charge in [0.2, 0.25) is 0 Å². The summed E-state index contributed by atoms with van der Waals surface area (Å²) in [5.74, 6) is -0.118. The zero-order valence-corrected chi connectivity index (χ0v) is 15.9. The molecular formula is C19H25ClN4O2. The van der Waals surface area contributed by atoms with Crippen LogP contribution in [0.1, 0.15) is 40.5 Å². The summed E-state index contributed by atoms with van der Waals surface area (Å²) in [6.45, 7) is 1.94. The lowest BCUT2D eigenvalue weighted by molar-refractivity contribution is 0.00388. The van der Waals surface area contributed by atoms with Crippen molar-refractivity contribution in [3.05, 3.63) is 53.3 Å². The smallest absolute Gasteiger partial charge is 0.270 e. The number of amides is 1. The number of halogens is 1. The predicted molar refractivity (Wildman–Crippen MR) is 102 cm³/mol. The maximum Gasteiger partial charge on any atom is 0.270 e. The summed E-state index contributed by atoms with van der Waals surface area (Å²) < 4.78 is 7.58. The van der Waals surface area contributed by atoms with Crippen molar-refractivity contribution in [2.24, 2.45) is 7.05 Å². The lowest BCUT2D eigenvalue weighted by atomic mass is 9.72. The molecule has 1 aliphatic carbocycles. The molecule has 1 aromatic heterocycles. The molecule has 0 radical (unpaired) electrons. The Kier molecular flexibility index (Phi) is 5.37. The van der Waals surface area contributed by atoms with Gasteiger partial charge in [-0.1, -0.05) is 24.3 Å². The largest absolute Gasteiger partial charge is 0.378 e. The molecule has 1 aliphatic heterocycles. The first-order valence-corrected chi connectivity index (χ1v) is 8.79. The minimum Gasteiger partial charge on any atom is -0.378 e. The van der Waals surface area contributed by atoms with Crippen molar-refractivity contribution in [2.45, 2.75) is 30.4 Å². The number of carbonyl (C=O) groups excluding carboxylic acids is 1. The molecule has 2 N–H and O–H groups in total. The number of benzene rings is 1. The SMILES string of the molecule is CO[C@H]1[C@H](NC(=O)c2ccnn2C)c2ccccc2C12CCNCC2.Cl. The summed E-state index contributed by atoms with van der Waals surface area (Å²) in [5, 5.41) is 10.7. The van der Waals surface area contributed by atoms with Crippen molar-refractivity contribution >= 4 is 18.3 Å². The number of rotatable bonds is 3. The van der Waals surface area contributed by atoms with Gasteiger partial charge >= 0.3 is 0 Å². The van der Waals surface area contributed by atoms with Gasteiger partial charge in [-0.05, 0) is 43.1 Å². The van der Waals surface area contributed by atoms with Gasteiger partial charge in [0.25, 0.3) is 5.91 Å². The molecule has 1 aromatic carbocycles. The van der Waals surface area contributed by atoms with Crippen molar-refractivity contribution in [1.29, 1.82) is 0 Å². The number of nitrogens with zero attached hydrogens (tertiary/aromatic N) is 2. The second-order valence-electron chi connectivity index (χ2n) is 6.94. The fourth-order valence-electron chi connectivity index (χ4n) is 4.61. The number of piperidine rings is 1. The van der Waals surface area contributed by atoms with E-state index < -0.39 is 0 Å². The van der Waals surface area contributed by atoms with Gasteiger partial charge in [-0.15, -0.1) is 12.4 Å². The first-order valence-electron chi connectivity index (χ1n) is 8.79. The topological polar surface area (TPSA) is 68.2 Å². The number of nitrogens with one attached hydrogen (secondary N) is 2. The number of carbonyl (C=O) groups is 1. The Balaban J connectivity index is 0.00000196. The highest BCUT2D eigenvalue weighted by atomic mass is 35.5. The van der Waals surface area contributed by atoms with E-state index in [-0.39, 0.29) is 35.9 Å². The molecule has 1 fully saturated rings. The molecular weight excluding hydrogens is 352 g/mol. The van der Waals surface area contributed by atoms with Crippen LogP contribution in [0.5, 0.6) is 0 Å². The third-order valence-corrected chi connectivity index (χ3v) is 5.77. The summed E-state index contributed by atoms with van der Waals surface area (Å²) in [7, 11) is 3.53. The first-order chi connectivity index (χ1) is 12.2. The second kappa shape index (κ2) is 7.39. The van der Waals surface area contributed by atoms with E-state index in [4.69, 9.17) is 4.74 Å². The highest BCUT2D eigenvalue weighted by Gasteiger charge is 2.53. The van der Waals surface area contributed by atoms with Crippen LogP contribution in [0.15, 0.2) is 36.5 Å². The highest BCUT2D eigenvalue weighted by Crippen LogP contribution is 2.51. The molecule has 4 rings (SSSR count). The number of hydrogen-bond acceptors (Lipinski definition) is 4. The molecule has 140 valence electrons. The van der Waals surface area contributed by atoms with E-state index in [1.54, 1.807) is 31.1 Å². The zero-order chi connectivity index (χ0) is 17.4. The molecule has 0 unspecified atom stereocenters. The van der Waals surface area contributed by atoms with Crippen molar-refractivity contribution in [3.8, 4) is 0 Å². The minimum absolute atomic E-state index is 0. The summed E-state index contributed by atoms with van der Waals surface area (Å²) in [6.07, 6.45) is 3.60. The van der Waals surface area contributed by atoms with Crippen LogP contribution in [0.4, 0.5) is 0 Å². The standard InChI is InChI=1S/C19H24N4O2.ClH/c1-23-15(7-10-21-23)18(24)22-16-13-5-3-4-6-14(13)19(17(16)25-2)8-11-20-12-9-19;/h3-7,10,16-17,20H,8-9,11-12H2,1-2H3,(H,22,24);1H/t16-,17+;/m1./s1. The zero-order valence-electron chi connectivity index (χ0n) is 15.1.